The van der Waals surface area contributed by atoms with Crippen LogP contribution in [0.25, 0.3) is 6.08 Å². The highest BCUT2D eigenvalue weighted by atomic mass is 16.5. The summed E-state index contributed by atoms with van der Waals surface area (Å²) in [5.41, 5.74) is 2.81. The van der Waals surface area contributed by atoms with E-state index in [1.807, 2.05) is 19.1 Å². The van der Waals surface area contributed by atoms with E-state index in [0.29, 0.717) is 17.0 Å². The topological polar surface area (TPSA) is 79.0 Å². The minimum atomic E-state index is -0.769. The molecule has 2 aromatic carbocycles. The number of nitrogens with one attached hydrogen (secondary N) is 1. The Kier molecular flexibility index (Phi) is 6.20. The molecule has 2 aromatic rings. The number of hydrogen-bond donors (Lipinski definition) is 1. The standard InChI is InChI=1S/C23H25N3O4/c1-5-25(6-2)18-12-9-16(20(14-18)30-4)13-19-21(27)24-23(29)26(22(19)28)17-10-7-15(3)8-11-17/h7-14H,5-6H2,1-4H3,(H,24,27,29)/b19-13+. The molecular weight excluding hydrogens is 382 g/mol. The van der Waals surface area contributed by atoms with Crippen LogP contribution in [0.3, 0.4) is 0 Å². The number of anilines is 2. The molecule has 1 heterocycles. The van der Waals surface area contributed by atoms with Crippen molar-refractivity contribution in [2.24, 2.45) is 0 Å². The molecule has 1 N–H and O–H groups in total. The van der Waals surface area contributed by atoms with Gasteiger partial charge in [-0.2, -0.15) is 0 Å². The second-order valence-electron chi connectivity index (χ2n) is 6.89. The number of carbonyl (C=O) groups excluding carboxylic acids is 3. The molecule has 30 heavy (non-hydrogen) atoms. The maximum atomic E-state index is 13.0. The lowest BCUT2D eigenvalue weighted by molar-refractivity contribution is -0.122. The summed E-state index contributed by atoms with van der Waals surface area (Å²) in [5, 5.41) is 2.24. The molecule has 0 saturated carbocycles. The number of rotatable bonds is 6. The van der Waals surface area contributed by atoms with Crippen molar-refractivity contribution >= 4 is 35.3 Å². The van der Waals surface area contributed by atoms with Crippen molar-refractivity contribution in [3.05, 3.63) is 59.2 Å². The Morgan fingerprint density at radius 1 is 1.03 bits per heavy atom. The van der Waals surface area contributed by atoms with E-state index < -0.39 is 17.8 Å². The van der Waals surface area contributed by atoms with E-state index >= 15 is 0 Å². The average Bonchev–Trinajstić information content (AvgIpc) is 2.73. The number of urea groups is 1. The molecule has 0 bridgehead atoms. The second kappa shape index (κ2) is 8.82. The number of aryl methyl sites for hydroxylation is 1. The SMILES string of the molecule is CCN(CC)c1ccc(/C=C2\C(=O)NC(=O)N(c3ccc(C)cc3)C2=O)c(OC)c1. The van der Waals surface area contributed by atoms with Crippen molar-refractivity contribution in [2.45, 2.75) is 20.8 Å². The summed E-state index contributed by atoms with van der Waals surface area (Å²) in [6, 6.07) is 11.7. The van der Waals surface area contributed by atoms with Crippen LogP contribution >= 0.6 is 0 Å². The fraction of sp³-hybridized carbons (Fsp3) is 0.261. The van der Waals surface area contributed by atoms with Crippen LogP contribution < -0.4 is 19.9 Å². The quantitative estimate of drug-likeness (QED) is 0.586. The number of imide groups is 2. The lowest BCUT2D eigenvalue weighted by Gasteiger charge is -2.26. The monoisotopic (exact) mass is 407 g/mol. The Morgan fingerprint density at radius 3 is 2.30 bits per heavy atom. The van der Waals surface area contributed by atoms with Gasteiger partial charge in [-0.05, 0) is 51.1 Å². The lowest BCUT2D eigenvalue weighted by atomic mass is 10.0. The molecule has 3 rings (SSSR count). The van der Waals surface area contributed by atoms with Crippen molar-refractivity contribution in [3.8, 4) is 5.75 Å². The first kappa shape index (κ1) is 21.1. The molecule has 1 saturated heterocycles. The summed E-state index contributed by atoms with van der Waals surface area (Å²) in [5.74, 6) is -0.878. The number of hydrogen-bond acceptors (Lipinski definition) is 5. The van der Waals surface area contributed by atoms with E-state index in [-0.39, 0.29) is 5.57 Å². The van der Waals surface area contributed by atoms with Gasteiger partial charge in [-0.1, -0.05) is 17.7 Å². The highest BCUT2D eigenvalue weighted by molar-refractivity contribution is 6.39. The van der Waals surface area contributed by atoms with Gasteiger partial charge >= 0.3 is 6.03 Å². The predicted octanol–water partition coefficient (Wildman–Crippen LogP) is 3.52. The van der Waals surface area contributed by atoms with Crippen LogP contribution in [-0.2, 0) is 9.59 Å². The molecule has 0 atom stereocenters. The van der Waals surface area contributed by atoms with Crippen LogP contribution in [0.4, 0.5) is 16.2 Å². The van der Waals surface area contributed by atoms with E-state index in [2.05, 4.69) is 24.1 Å². The largest absolute Gasteiger partial charge is 0.496 e. The number of ether oxygens (including phenoxy) is 1. The van der Waals surface area contributed by atoms with Gasteiger partial charge in [0, 0.05) is 30.4 Å². The molecule has 0 aliphatic carbocycles. The van der Waals surface area contributed by atoms with Gasteiger partial charge in [0.15, 0.2) is 0 Å². The van der Waals surface area contributed by atoms with Gasteiger partial charge in [-0.3, -0.25) is 14.9 Å². The summed E-state index contributed by atoms with van der Waals surface area (Å²) in [6.45, 7) is 7.72. The summed E-state index contributed by atoms with van der Waals surface area (Å²) >= 11 is 0. The van der Waals surface area contributed by atoms with Crippen LogP contribution in [0.1, 0.15) is 25.0 Å². The third kappa shape index (κ3) is 4.05. The van der Waals surface area contributed by atoms with E-state index in [1.54, 1.807) is 30.3 Å². The predicted molar refractivity (Wildman–Crippen MR) is 117 cm³/mol. The molecule has 7 nitrogen and oxygen atoms in total. The van der Waals surface area contributed by atoms with Gasteiger partial charge in [0.05, 0.1) is 12.8 Å². The minimum Gasteiger partial charge on any atom is -0.496 e. The van der Waals surface area contributed by atoms with Crippen molar-refractivity contribution in [1.29, 1.82) is 0 Å². The van der Waals surface area contributed by atoms with Crippen LogP contribution in [0.5, 0.6) is 5.75 Å². The van der Waals surface area contributed by atoms with Gasteiger partial charge in [-0.25, -0.2) is 9.69 Å². The number of amides is 4. The Bertz CT molecular complexity index is 1010. The average molecular weight is 407 g/mol. The maximum absolute atomic E-state index is 13.0. The van der Waals surface area contributed by atoms with Gasteiger partial charge in [0.1, 0.15) is 11.3 Å². The van der Waals surface area contributed by atoms with Crippen LogP contribution in [0, 0.1) is 6.92 Å². The molecule has 0 aromatic heterocycles. The molecule has 1 fully saturated rings. The zero-order valence-electron chi connectivity index (χ0n) is 17.6. The molecule has 7 heteroatoms. The molecule has 0 spiro atoms. The van der Waals surface area contributed by atoms with Crippen LogP contribution in [0.15, 0.2) is 48.0 Å². The first-order chi connectivity index (χ1) is 14.4. The van der Waals surface area contributed by atoms with Crippen molar-refractivity contribution < 1.29 is 19.1 Å². The zero-order valence-corrected chi connectivity index (χ0v) is 17.6. The molecular formula is C23H25N3O4. The third-order valence-electron chi connectivity index (χ3n) is 5.04. The highest BCUT2D eigenvalue weighted by Gasteiger charge is 2.36. The maximum Gasteiger partial charge on any atom is 0.335 e. The van der Waals surface area contributed by atoms with Gasteiger partial charge in [-0.15, -0.1) is 0 Å². The van der Waals surface area contributed by atoms with Crippen LogP contribution in [-0.4, -0.2) is 38.0 Å². The normalized spacial score (nSPS) is 15.4. The van der Waals surface area contributed by atoms with E-state index in [4.69, 9.17) is 4.74 Å². The summed E-state index contributed by atoms with van der Waals surface area (Å²) in [4.78, 5) is 40.9. The second-order valence-corrected chi connectivity index (χ2v) is 6.89. The summed E-state index contributed by atoms with van der Waals surface area (Å²) < 4.78 is 5.49. The van der Waals surface area contributed by atoms with Crippen LogP contribution in [0.2, 0.25) is 0 Å². The smallest absolute Gasteiger partial charge is 0.335 e. The number of benzene rings is 2. The Hall–Kier alpha value is -3.61. The molecule has 0 radical (unpaired) electrons. The third-order valence-corrected chi connectivity index (χ3v) is 5.04. The first-order valence-electron chi connectivity index (χ1n) is 9.80. The molecule has 156 valence electrons. The van der Waals surface area contributed by atoms with E-state index in [9.17, 15) is 14.4 Å². The summed E-state index contributed by atoms with van der Waals surface area (Å²) in [7, 11) is 1.54. The van der Waals surface area contributed by atoms with Gasteiger partial charge < -0.3 is 9.64 Å². The Morgan fingerprint density at radius 2 is 1.70 bits per heavy atom. The van der Waals surface area contributed by atoms with E-state index in [1.165, 1.54) is 13.2 Å². The molecule has 1 aliphatic heterocycles. The molecule has 4 amide bonds. The Balaban J connectivity index is 2.01. The fourth-order valence-corrected chi connectivity index (χ4v) is 3.35. The summed E-state index contributed by atoms with van der Waals surface area (Å²) in [6.07, 6.45) is 1.45. The molecule has 0 unspecified atom stereocenters. The number of barbiturate groups is 1. The lowest BCUT2D eigenvalue weighted by Crippen LogP contribution is -2.54. The van der Waals surface area contributed by atoms with Crippen molar-refractivity contribution in [3.63, 3.8) is 0 Å². The number of methoxy groups -OCH3 is 1. The first-order valence-corrected chi connectivity index (χ1v) is 9.80. The van der Waals surface area contributed by atoms with Crippen molar-refractivity contribution in [1.82, 2.24) is 5.32 Å². The minimum absolute atomic E-state index is 0.135. The molecule has 1 aliphatic rings. The number of carbonyl (C=O) groups is 3. The number of nitrogens with zero attached hydrogens (tertiary/aromatic N) is 2. The zero-order chi connectivity index (χ0) is 21.8. The fourth-order valence-electron chi connectivity index (χ4n) is 3.35. The van der Waals surface area contributed by atoms with E-state index in [0.717, 1.165) is 29.2 Å². The Labute approximate surface area is 175 Å². The van der Waals surface area contributed by atoms with Crippen molar-refractivity contribution in [2.75, 3.05) is 30.0 Å². The van der Waals surface area contributed by atoms with Gasteiger partial charge in [0.25, 0.3) is 11.8 Å². The van der Waals surface area contributed by atoms with Gasteiger partial charge in [0.2, 0.25) is 0 Å². The highest BCUT2D eigenvalue weighted by Crippen LogP contribution is 2.29.